The molecular weight excluding hydrogens is 266 g/mol. The van der Waals surface area contributed by atoms with Crippen LogP contribution in [0.1, 0.15) is 32.3 Å². The second kappa shape index (κ2) is 5.80. The summed E-state index contributed by atoms with van der Waals surface area (Å²) in [7, 11) is 0. The molecule has 0 amide bonds. The summed E-state index contributed by atoms with van der Waals surface area (Å²) in [6.45, 7) is 3.83. The first-order chi connectivity index (χ1) is 9.91. The Labute approximate surface area is 123 Å². The van der Waals surface area contributed by atoms with Gasteiger partial charge in [0.25, 0.3) is 0 Å². The zero-order chi connectivity index (χ0) is 15.5. The highest BCUT2D eigenvalue weighted by atomic mass is 16.4. The van der Waals surface area contributed by atoms with Gasteiger partial charge < -0.3 is 10.4 Å². The quantitative estimate of drug-likeness (QED) is 0.880. The van der Waals surface area contributed by atoms with E-state index in [1.807, 2.05) is 38.1 Å². The summed E-state index contributed by atoms with van der Waals surface area (Å²) >= 11 is 0. The maximum atomic E-state index is 10.7. The van der Waals surface area contributed by atoms with Crippen molar-refractivity contribution in [2.24, 2.45) is 0 Å². The highest BCUT2D eigenvalue weighted by Gasteiger charge is 2.20. The number of nitriles is 1. The van der Waals surface area contributed by atoms with Crippen LogP contribution < -0.4 is 5.32 Å². The van der Waals surface area contributed by atoms with Crippen molar-refractivity contribution >= 4 is 22.7 Å². The number of carbonyl (C=O) groups is 1. The number of anilines is 1. The molecule has 0 aliphatic heterocycles. The van der Waals surface area contributed by atoms with Gasteiger partial charge in [0.1, 0.15) is 5.82 Å². The molecule has 0 atom stereocenters. The Morgan fingerprint density at radius 3 is 2.81 bits per heavy atom. The van der Waals surface area contributed by atoms with Crippen LogP contribution in [0.25, 0.3) is 10.9 Å². The van der Waals surface area contributed by atoms with Crippen LogP contribution in [0.2, 0.25) is 0 Å². The molecule has 0 aliphatic carbocycles. The number of aromatic nitrogens is 1. The third-order valence-electron chi connectivity index (χ3n) is 3.27. The van der Waals surface area contributed by atoms with Crippen LogP contribution in [0.3, 0.4) is 0 Å². The molecule has 2 aromatic rings. The Hall–Kier alpha value is -2.61. The van der Waals surface area contributed by atoms with Gasteiger partial charge in [0, 0.05) is 17.3 Å². The fraction of sp³-hybridized carbons (Fsp3) is 0.312. The molecule has 1 aromatic carbocycles. The Morgan fingerprint density at radius 2 is 2.14 bits per heavy atom. The number of hydrogen-bond donors (Lipinski definition) is 2. The van der Waals surface area contributed by atoms with Crippen LogP contribution in [0, 0.1) is 11.3 Å². The first-order valence-electron chi connectivity index (χ1n) is 6.71. The largest absolute Gasteiger partial charge is 0.481 e. The number of carboxylic acid groups (broad SMARTS) is 1. The van der Waals surface area contributed by atoms with E-state index in [2.05, 4.69) is 16.4 Å². The van der Waals surface area contributed by atoms with E-state index in [1.54, 1.807) is 6.07 Å². The molecule has 0 saturated carbocycles. The van der Waals surface area contributed by atoms with Crippen LogP contribution in [0.4, 0.5) is 5.82 Å². The maximum absolute atomic E-state index is 10.7. The molecule has 1 heterocycles. The molecule has 2 rings (SSSR count). The summed E-state index contributed by atoms with van der Waals surface area (Å²) in [4.78, 5) is 15.2. The van der Waals surface area contributed by atoms with Gasteiger partial charge in [-0.05, 0) is 32.4 Å². The zero-order valence-corrected chi connectivity index (χ0v) is 12.1. The molecule has 0 saturated heterocycles. The Bertz CT molecular complexity index is 717. The number of hydrogen-bond acceptors (Lipinski definition) is 4. The predicted octanol–water partition coefficient (Wildman–Crippen LogP) is 3.16. The average molecular weight is 283 g/mol. The Balaban J connectivity index is 2.30. The lowest BCUT2D eigenvalue weighted by atomic mass is 9.98. The molecule has 0 fully saturated rings. The summed E-state index contributed by atoms with van der Waals surface area (Å²) in [6, 6.07) is 11.3. The number of carboxylic acids is 1. The number of benzene rings is 1. The molecule has 5 nitrogen and oxygen atoms in total. The van der Waals surface area contributed by atoms with Crippen LogP contribution in [-0.2, 0) is 4.79 Å². The molecule has 1 aromatic heterocycles. The zero-order valence-electron chi connectivity index (χ0n) is 12.1. The Kier molecular flexibility index (Phi) is 4.08. The van der Waals surface area contributed by atoms with Gasteiger partial charge in [0.05, 0.1) is 17.1 Å². The molecule has 0 aliphatic rings. The topological polar surface area (TPSA) is 86.0 Å². The molecule has 0 bridgehead atoms. The summed E-state index contributed by atoms with van der Waals surface area (Å²) in [5, 5.41) is 22.1. The van der Waals surface area contributed by atoms with E-state index >= 15 is 0 Å². The monoisotopic (exact) mass is 283 g/mol. The number of aliphatic carboxylic acids is 1. The Morgan fingerprint density at radius 1 is 1.43 bits per heavy atom. The SMILES string of the molecule is CC(C)(CCC(=O)O)Nc1cc(C#N)c2ccccc2n1. The lowest BCUT2D eigenvalue weighted by molar-refractivity contribution is -0.137. The van der Waals surface area contributed by atoms with E-state index in [9.17, 15) is 10.1 Å². The highest BCUT2D eigenvalue weighted by Crippen LogP contribution is 2.23. The predicted molar refractivity (Wildman–Crippen MR) is 81.0 cm³/mol. The normalized spacial score (nSPS) is 11.1. The molecule has 0 radical (unpaired) electrons. The van der Waals surface area contributed by atoms with Crippen molar-refractivity contribution in [1.82, 2.24) is 4.98 Å². The van der Waals surface area contributed by atoms with E-state index in [0.717, 1.165) is 10.9 Å². The second-order valence-electron chi connectivity index (χ2n) is 5.59. The minimum Gasteiger partial charge on any atom is -0.481 e. The summed E-state index contributed by atoms with van der Waals surface area (Å²) < 4.78 is 0. The van der Waals surface area contributed by atoms with Crippen LogP contribution in [0.15, 0.2) is 30.3 Å². The van der Waals surface area contributed by atoms with E-state index in [4.69, 9.17) is 5.11 Å². The van der Waals surface area contributed by atoms with Crippen LogP contribution in [-0.4, -0.2) is 21.6 Å². The highest BCUT2D eigenvalue weighted by molar-refractivity contribution is 5.86. The van der Waals surface area contributed by atoms with Crippen molar-refractivity contribution in [2.75, 3.05) is 5.32 Å². The van der Waals surface area contributed by atoms with Gasteiger partial charge in [-0.15, -0.1) is 0 Å². The molecule has 108 valence electrons. The van der Waals surface area contributed by atoms with E-state index < -0.39 is 11.5 Å². The van der Waals surface area contributed by atoms with Crippen LogP contribution in [0.5, 0.6) is 0 Å². The maximum Gasteiger partial charge on any atom is 0.303 e. The molecule has 5 heteroatoms. The van der Waals surface area contributed by atoms with E-state index in [1.165, 1.54) is 0 Å². The van der Waals surface area contributed by atoms with Crippen molar-refractivity contribution in [3.05, 3.63) is 35.9 Å². The van der Waals surface area contributed by atoms with Gasteiger partial charge in [-0.25, -0.2) is 4.98 Å². The van der Waals surface area contributed by atoms with Crippen LogP contribution >= 0.6 is 0 Å². The molecule has 2 N–H and O–H groups in total. The summed E-state index contributed by atoms with van der Waals surface area (Å²) in [5.74, 6) is -0.241. The molecule has 0 unspecified atom stereocenters. The van der Waals surface area contributed by atoms with Gasteiger partial charge in [0.2, 0.25) is 0 Å². The number of nitrogens with one attached hydrogen (secondary N) is 1. The minimum absolute atomic E-state index is 0.0820. The third kappa shape index (κ3) is 3.69. The van der Waals surface area contributed by atoms with Crippen molar-refractivity contribution < 1.29 is 9.90 Å². The van der Waals surface area contributed by atoms with Gasteiger partial charge in [0.15, 0.2) is 0 Å². The van der Waals surface area contributed by atoms with Crippen molar-refractivity contribution in [3.63, 3.8) is 0 Å². The average Bonchev–Trinajstić information content (AvgIpc) is 2.44. The number of rotatable bonds is 5. The number of pyridine rings is 1. The smallest absolute Gasteiger partial charge is 0.303 e. The summed E-state index contributed by atoms with van der Waals surface area (Å²) in [5.41, 5.74) is 0.880. The van der Waals surface area contributed by atoms with Gasteiger partial charge >= 0.3 is 5.97 Å². The number of para-hydroxylation sites is 1. The first-order valence-corrected chi connectivity index (χ1v) is 6.71. The van der Waals surface area contributed by atoms with E-state index in [0.29, 0.717) is 17.8 Å². The van der Waals surface area contributed by atoms with Gasteiger partial charge in [-0.1, -0.05) is 18.2 Å². The van der Waals surface area contributed by atoms with Crippen molar-refractivity contribution in [3.8, 4) is 6.07 Å². The second-order valence-corrected chi connectivity index (χ2v) is 5.59. The summed E-state index contributed by atoms with van der Waals surface area (Å²) in [6.07, 6.45) is 0.553. The molecular formula is C16H17N3O2. The first kappa shape index (κ1) is 14.8. The number of nitrogens with zero attached hydrogens (tertiary/aromatic N) is 2. The van der Waals surface area contributed by atoms with E-state index in [-0.39, 0.29) is 6.42 Å². The lowest BCUT2D eigenvalue weighted by Gasteiger charge is -2.26. The third-order valence-corrected chi connectivity index (χ3v) is 3.27. The number of fused-ring (bicyclic) bond motifs is 1. The fourth-order valence-corrected chi connectivity index (χ4v) is 2.16. The van der Waals surface area contributed by atoms with Crippen molar-refractivity contribution in [2.45, 2.75) is 32.2 Å². The molecule has 0 spiro atoms. The van der Waals surface area contributed by atoms with Crippen molar-refractivity contribution in [1.29, 1.82) is 5.26 Å². The minimum atomic E-state index is -0.825. The van der Waals surface area contributed by atoms with Gasteiger partial charge in [-0.2, -0.15) is 5.26 Å². The fourth-order valence-electron chi connectivity index (χ4n) is 2.16. The van der Waals surface area contributed by atoms with Gasteiger partial charge in [-0.3, -0.25) is 4.79 Å². The lowest BCUT2D eigenvalue weighted by Crippen LogP contribution is -2.32. The molecule has 21 heavy (non-hydrogen) atoms. The standard InChI is InChI=1S/C16H17N3O2/c1-16(2,8-7-15(20)21)19-14-9-11(10-17)12-5-3-4-6-13(12)18-14/h3-6,9H,7-8H2,1-2H3,(H,18,19)(H,20,21).